The minimum atomic E-state index is -0.308. The summed E-state index contributed by atoms with van der Waals surface area (Å²) in [5.74, 6) is 0.738. The van der Waals surface area contributed by atoms with Gasteiger partial charge in [-0.15, -0.1) is 0 Å². The second-order valence-electron chi connectivity index (χ2n) is 5.51. The van der Waals surface area contributed by atoms with Crippen molar-refractivity contribution in [1.82, 2.24) is 0 Å². The zero-order valence-electron chi connectivity index (χ0n) is 10.9. The van der Waals surface area contributed by atoms with Gasteiger partial charge in [0.2, 0.25) is 0 Å². The highest BCUT2D eigenvalue weighted by Crippen LogP contribution is 2.31. The van der Waals surface area contributed by atoms with Crippen LogP contribution in [-0.4, -0.2) is 11.2 Å². The summed E-state index contributed by atoms with van der Waals surface area (Å²) in [4.78, 5) is 0. The van der Waals surface area contributed by atoms with Crippen LogP contribution in [-0.2, 0) is 0 Å². The number of rotatable bonds is 1. The number of allylic oxidation sites excluding steroid dienone is 3. The molecule has 1 N–H and O–H groups in total. The molecule has 0 bridgehead atoms. The van der Waals surface area contributed by atoms with Gasteiger partial charge >= 0.3 is 0 Å². The van der Waals surface area contributed by atoms with E-state index in [4.69, 9.17) is 0 Å². The topological polar surface area (TPSA) is 20.2 Å². The molecule has 0 aromatic carbocycles. The minimum absolute atomic E-state index is 0.308. The Labute approximate surface area is 105 Å². The van der Waals surface area contributed by atoms with E-state index in [1.54, 1.807) is 5.57 Å². The summed E-state index contributed by atoms with van der Waals surface area (Å²) in [6, 6.07) is 0. The fourth-order valence-corrected chi connectivity index (χ4v) is 2.89. The van der Waals surface area contributed by atoms with Crippen molar-refractivity contribution in [3.8, 4) is 0 Å². The van der Waals surface area contributed by atoms with E-state index in [0.29, 0.717) is 0 Å². The van der Waals surface area contributed by atoms with Crippen molar-refractivity contribution in [3.63, 3.8) is 0 Å². The Morgan fingerprint density at radius 3 is 2.71 bits per heavy atom. The van der Waals surface area contributed by atoms with E-state index < -0.39 is 0 Å². The maximum atomic E-state index is 9.78. The molecule has 0 aliphatic heterocycles. The fraction of sp³-hybridized carbons (Fsp3) is 0.625. The van der Waals surface area contributed by atoms with Crippen molar-refractivity contribution < 1.29 is 5.11 Å². The summed E-state index contributed by atoms with van der Waals surface area (Å²) in [6.45, 7) is 6.34. The van der Waals surface area contributed by atoms with E-state index in [9.17, 15) is 5.11 Å². The number of aliphatic hydroxyl groups excluding tert-OH is 1. The average Bonchev–Trinajstić information content (AvgIpc) is 2.33. The van der Waals surface area contributed by atoms with Crippen LogP contribution >= 0.6 is 0 Å². The quantitative estimate of drug-likeness (QED) is 0.720. The second-order valence-corrected chi connectivity index (χ2v) is 5.51. The molecule has 2 aliphatic rings. The molecule has 1 nitrogen and oxygen atoms in total. The standard InChI is InChI=1S/C16H24O/c1-12-6-3-4-7-14(12)10-11-15-8-5-9-16(17)13(15)2/h10-12,16-17H,2-9H2,1H3/b14-10+,15-11-. The van der Waals surface area contributed by atoms with Crippen molar-refractivity contribution in [3.05, 3.63) is 35.5 Å². The highest BCUT2D eigenvalue weighted by atomic mass is 16.3. The van der Waals surface area contributed by atoms with Crippen LogP contribution in [0.2, 0.25) is 0 Å². The van der Waals surface area contributed by atoms with E-state index in [2.05, 4.69) is 25.7 Å². The molecule has 94 valence electrons. The Kier molecular flexibility index (Phi) is 4.22. The molecule has 0 amide bonds. The van der Waals surface area contributed by atoms with Crippen molar-refractivity contribution in [2.75, 3.05) is 0 Å². The average molecular weight is 232 g/mol. The first-order chi connectivity index (χ1) is 8.18. The maximum Gasteiger partial charge on any atom is 0.0787 e. The number of hydrogen-bond donors (Lipinski definition) is 1. The number of aliphatic hydroxyl groups is 1. The van der Waals surface area contributed by atoms with E-state index in [0.717, 1.165) is 30.8 Å². The van der Waals surface area contributed by atoms with E-state index >= 15 is 0 Å². The van der Waals surface area contributed by atoms with Gasteiger partial charge in [0.15, 0.2) is 0 Å². The summed E-state index contributed by atoms with van der Waals surface area (Å²) < 4.78 is 0. The first-order valence-corrected chi connectivity index (χ1v) is 6.95. The molecule has 2 rings (SSSR count). The van der Waals surface area contributed by atoms with Crippen LogP contribution in [0.25, 0.3) is 0 Å². The summed E-state index contributed by atoms with van der Waals surface area (Å²) in [6.07, 6.45) is 12.5. The van der Waals surface area contributed by atoms with Gasteiger partial charge in [-0.2, -0.15) is 0 Å². The molecule has 0 aromatic rings. The fourth-order valence-electron chi connectivity index (χ4n) is 2.89. The first kappa shape index (κ1) is 12.6. The van der Waals surface area contributed by atoms with Crippen molar-refractivity contribution >= 4 is 0 Å². The lowest BCUT2D eigenvalue weighted by Gasteiger charge is -2.24. The first-order valence-electron chi connectivity index (χ1n) is 6.95. The molecule has 2 atom stereocenters. The molecule has 17 heavy (non-hydrogen) atoms. The van der Waals surface area contributed by atoms with Crippen LogP contribution in [0.1, 0.15) is 51.9 Å². The van der Waals surface area contributed by atoms with Gasteiger partial charge in [0.05, 0.1) is 6.10 Å². The highest BCUT2D eigenvalue weighted by molar-refractivity contribution is 5.37. The highest BCUT2D eigenvalue weighted by Gasteiger charge is 2.18. The molecule has 0 heterocycles. The third-order valence-electron chi connectivity index (χ3n) is 4.22. The van der Waals surface area contributed by atoms with Crippen molar-refractivity contribution in [2.24, 2.45) is 5.92 Å². The summed E-state index contributed by atoms with van der Waals surface area (Å²) >= 11 is 0. The molecule has 1 heteroatoms. The van der Waals surface area contributed by atoms with Crippen molar-refractivity contribution in [1.29, 1.82) is 0 Å². The van der Waals surface area contributed by atoms with E-state index in [1.807, 2.05) is 0 Å². The maximum absolute atomic E-state index is 9.78. The SMILES string of the molecule is C=C1/C(=C\C=C2/CCCCC2C)CCCC1O. The van der Waals surface area contributed by atoms with Gasteiger partial charge in [-0.05, 0) is 55.6 Å². The van der Waals surface area contributed by atoms with Crippen LogP contribution in [0, 0.1) is 5.92 Å². The van der Waals surface area contributed by atoms with Crippen molar-refractivity contribution in [2.45, 2.75) is 58.0 Å². The predicted octanol–water partition coefficient (Wildman–Crippen LogP) is 4.15. The molecule has 0 aromatic heterocycles. The third kappa shape index (κ3) is 3.10. The van der Waals surface area contributed by atoms with Crippen LogP contribution < -0.4 is 0 Å². The van der Waals surface area contributed by atoms with Gasteiger partial charge in [-0.1, -0.05) is 37.6 Å². The number of hydrogen-bond acceptors (Lipinski definition) is 1. The summed E-state index contributed by atoms with van der Waals surface area (Å²) in [5, 5.41) is 9.78. The van der Waals surface area contributed by atoms with E-state index in [-0.39, 0.29) is 6.10 Å². The molecule has 0 radical (unpaired) electrons. The van der Waals surface area contributed by atoms with Gasteiger partial charge in [0.25, 0.3) is 0 Å². The molecule has 0 spiro atoms. The molecule has 2 aliphatic carbocycles. The summed E-state index contributed by atoms with van der Waals surface area (Å²) in [5.41, 5.74) is 3.78. The van der Waals surface area contributed by atoms with Crippen LogP contribution in [0.5, 0.6) is 0 Å². The molecular formula is C16H24O. The smallest absolute Gasteiger partial charge is 0.0787 e. The zero-order valence-corrected chi connectivity index (χ0v) is 10.9. The summed E-state index contributed by atoms with van der Waals surface area (Å²) in [7, 11) is 0. The molecule has 2 unspecified atom stereocenters. The van der Waals surface area contributed by atoms with Gasteiger partial charge in [-0.3, -0.25) is 0 Å². The zero-order chi connectivity index (χ0) is 12.3. The Bertz CT molecular complexity index is 349. The lowest BCUT2D eigenvalue weighted by atomic mass is 9.84. The Morgan fingerprint density at radius 2 is 1.94 bits per heavy atom. The Morgan fingerprint density at radius 1 is 1.12 bits per heavy atom. The van der Waals surface area contributed by atoms with Crippen LogP contribution in [0.4, 0.5) is 0 Å². The minimum Gasteiger partial charge on any atom is -0.388 e. The van der Waals surface area contributed by atoms with Crippen LogP contribution in [0.15, 0.2) is 35.5 Å². The third-order valence-corrected chi connectivity index (χ3v) is 4.22. The van der Waals surface area contributed by atoms with Crippen LogP contribution in [0.3, 0.4) is 0 Å². The molecule has 2 fully saturated rings. The predicted molar refractivity (Wildman–Crippen MR) is 72.8 cm³/mol. The second kappa shape index (κ2) is 5.68. The largest absolute Gasteiger partial charge is 0.388 e. The normalized spacial score (nSPS) is 35.5. The Hall–Kier alpha value is -0.820. The monoisotopic (exact) mass is 232 g/mol. The molecule has 0 saturated heterocycles. The lowest BCUT2D eigenvalue weighted by Crippen LogP contribution is -2.16. The van der Waals surface area contributed by atoms with Gasteiger partial charge < -0.3 is 5.11 Å². The lowest BCUT2D eigenvalue weighted by molar-refractivity contribution is 0.191. The van der Waals surface area contributed by atoms with Gasteiger partial charge in [0.1, 0.15) is 0 Å². The molecular weight excluding hydrogens is 208 g/mol. The van der Waals surface area contributed by atoms with Gasteiger partial charge in [-0.25, -0.2) is 0 Å². The van der Waals surface area contributed by atoms with Gasteiger partial charge in [0, 0.05) is 0 Å². The van der Waals surface area contributed by atoms with E-state index in [1.165, 1.54) is 31.3 Å². The Balaban J connectivity index is 2.08. The molecule has 2 saturated carbocycles.